The largest absolute Gasteiger partial charge is 0.411 e. The highest BCUT2D eigenvalue weighted by molar-refractivity contribution is 5.89. The van der Waals surface area contributed by atoms with Gasteiger partial charge in [-0.15, -0.1) is 0 Å². The monoisotopic (exact) mass is 218 g/mol. The molecule has 1 aliphatic rings. The summed E-state index contributed by atoms with van der Waals surface area (Å²) in [6, 6.07) is 10.6. The highest BCUT2D eigenvalue weighted by Crippen LogP contribution is 2.16. The van der Waals surface area contributed by atoms with Crippen LogP contribution in [0, 0.1) is 0 Å². The molecule has 0 spiro atoms. The Morgan fingerprint density at radius 3 is 2.81 bits per heavy atom. The summed E-state index contributed by atoms with van der Waals surface area (Å²) in [6.07, 6.45) is 4.35. The molecule has 3 nitrogen and oxygen atoms in total. The molecule has 0 bridgehead atoms. The Kier molecular flexibility index (Phi) is 3.94. The fourth-order valence-corrected chi connectivity index (χ4v) is 2.17. The molecule has 1 atom stereocenters. The van der Waals surface area contributed by atoms with Crippen LogP contribution in [0.5, 0.6) is 0 Å². The third kappa shape index (κ3) is 2.83. The molecule has 1 fully saturated rings. The average molecular weight is 218 g/mol. The zero-order chi connectivity index (χ0) is 11.2. The van der Waals surface area contributed by atoms with Gasteiger partial charge in [0.15, 0.2) is 0 Å². The zero-order valence-electron chi connectivity index (χ0n) is 9.39. The SMILES string of the molecule is ON=C1CCCCC1NCc1ccccc1. The van der Waals surface area contributed by atoms with Gasteiger partial charge in [-0.25, -0.2) is 0 Å². The van der Waals surface area contributed by atoms with Crippen molar-refractivity contribution in [2.45, 2.75) is 38.3 Å². The number of benzene rings is 1. The summed E-state index contributed by atoms with van der Waals surface area (Å²) < 4.78 is 0. The number of oxime groups is 1. The molecule has 1 saturated carbocycles. The topological polar surface area (TPSA) is 44.6 Å². The van der Waals surface area contributed by atoms with Crippen molar-refractivity contribution in [1.29, 1.82) is 0 Å². The van der Waals surface area contributed by atoms with E-state index in [9.17, 15) is 0 Å². The second-order valence-electron chi connectivity index (χ2n) is 4.26. The van der Waals surface area contributed by atoms with Crippen molar-refractivity contribution in [2.75, 3.05) is 0 Å². The van der Waals surface area contributed by atoms with Crippen LogP contribution in [0.3, 0.4) is 0 Å². The van der Waals surface area contributed by atoms with Crippen molar-refractivity contribution in [2.24, 2.45) is 5.16 Å². The summed E-state index contributed by atoms with van der Waals surface area (Å²) >= 11 is 0. The van der Waals surface area contributed by atoms with Gasteiger partial charge in [0.2, 0.25) is 0 Å². The number of hydrogen-bond donors (Lipinski definition) is 2. The van der Waals surface area contributed by atoms with E-state index in [1.165, 1.54) is 12.0 Å². The Balaban J connectivity index is 1.89. The summed E-state index contributed by atoms with van der Waals surface area (Å²) in [5.74, 6) is 0. The molecule has 2 N–H and O–H groups in total. The molecule has 1 unspecified atom stereocenters. The van der Waals surface area contributed by atoms with E-state index in [0.29, 0.717) is 0 Å². The predicted octanol–water partition coefficient (Wildman–Crippen LogP) is 2.55. The molecule has 0 amide bonds. The van der Waals surface area contributed by atoms with E-state index in [-0.39, 0.29) is 6.04 Å². The van der Waals surface area contributed by atoms with Crippen molar-refractivity contribution in [1.82, 2.24) is 5.32 Å². The fraction of sp³-hybridized carbons (Fsp3) is 0.462. The first-order chi connectivity index (χ1) is 7.90. The minimum Gasteiger partial charge on any atom is -0.411 e. The lowest BCUT2D eigenvalue weighted by Gasteiger charge is -2.24. The smallest absolute Gasteiger partial charge is 0.0739 e. The Morgan fingerprint density at radius 1 is 1.25 bits per heavy atom. The van der Waals surface area contributed by atoms with Gasteiger partial charge in [0, 0.05) is 12.6 Å². The van der Waals surface area contributed by atoms with Crippen LogP contribution in [-0.4, -0.2) is 17.0 Å². The maximum Gasteiger partial charge on any atom is 0.0739 e. The minimum atomic E-state index is 0.249. The van der Waals surface area contributed by atoms with Crippen molar-refractivity contribution in [3.63, 3.8) is 0 Å². The molecular weight excluding hydrogens is 200 g/mol. The standard InChI is InChI=1S/C13H18N2O/c16-15-13-9-5-4-8-12(13)14-10-11-6-2-1-3-7-11/h1-3,6-7,12,14,16H,4-5,8-10H2. The number of nitrogens with zero attached hydrogens (tertiary/aromatic N) is 1. The van der Waals surface area contributed by atoms with Crippen LogP contribution in [0.15, 0.2) is 35.5 Å². The first-order valence-corrected chi connectivity index (χ1v) is 5.88. The van der Waals surface area contributed by atoms with E-state index in [1.54, 1.807) is 0 Å². The second-order valence-corrected chi connectivity index (χ2v) is 4.26. The Labute approximate surface area is 96.2 Å². The van der Waals surface area contributed by atoms with Gasteiger partial charge >= 0.3 is 0 Å². The van der Waals surface area contributed by atoms with E-state index in [0.717, 1.165) is 31.5 Å². The van der Waals surface area contributed by atoms with Crippen LogP contribution in [0.25, 0.3) is 0 Å². The molecule has 16 heavy (non-hydrogen) atoms. The summed E-state index contributed by atoms with van der Waals surface area (Å²) in [7, 11) is 0. The van der Waals surface area contributed by atoms with Crippen LogP contribution < -0.4 is 5.32 Å². The summed E-state index contributed by atoms with van der Waals surface area (Å²) in [5.41, 5.74) is 2.17. The molecule has 3 heteroatoms. The number of rotatable bonds is 3. The van der Waals surface area contributed by atoms with Gasteiger partial charge in [0.1, 0.15) is 0 Å². The molecule has 1 aromatic rings. The summed E-state index contributed by atoms with van der Waals surface area (Å²) in [5, 5.41) is 15.8. The molecule has 1 aliphatic carbocycles. The third-order valence-corrected chi connectivity index (χ3v) is 3.10. The van der Waals surface area contributed by atoms with Crippen LogP contribution >= 0.6 is 0 Å². The van der Waals surface area contributed by atoms with Gasteiger partial charge in [0.05, 0.1) is 5.71 Å². The summed E-state index contributed by atoms with van der Waals surface area (Å²) in [4.78, 5) is 0. The fourth-order valence-electron chi connectivity index (χ4n) is 2.17. The first kappa shape index (κ1) is 11.1. The Morgan fingerprint density at radius 2 is 2.06 bits per heavy atom. The highest BCUT2D eigenvalue weighted by Gasteiger charge is 2.19. The molecule has 2 rings (SSSR count). The van der Waals surface area contributed by atoms with Gasteiger partial charge < -0.3 is 10.5 Å². The normalized spacial score (nSPS) is 23.5. The van der Waals surface area contributed by atoms with Gasteiger partial charge in [-0.05, 0) is 24.8 Å². The van der Waals surface area contributed by atoms with Crippen molar-refractivity contribution >= 4 is 5.71 Å². The predicted molar refractivity (Wildman–Crippen MR) is 64.8 cm³/mol. The summed E-state index contributed by atoms with van der Waals surface area (Å²) in [6.45, 7) is 0.838. The highest BCUT2D eigenvalue weighted by atomic mass is 16.4. The van der Waals surface area contributed by atoms with Gasteiger partial charge in [-0.3, -0.25) is 0 Å². The lowest BCUT2D eigenvalue weighted by molar-refractivity contribution is 0.310. The number of nitrogens with one attached hydrogen (secondary N) is 1. The average Bonchev–Trinajstić information content (AvgIpc) is 2.38. The Hall–Kier alpha value is -1.35. The van der Waals surface area contributed by atoms with E-state index in [1.807, 2.05) is 18.2 Å². The molecule has 86 valence electrons. The van der Waals surface area contributed by atoms with Crippen molar-refractivity contribution in [3.8, 4) is 0 Å². The van der Waals surface area contributed by atoms with E-state index >= 15 is 0 Å². The lowest BCUT2D eigenvalue weighted by atomic mass is 9.93. The van der Waals surface area contributed by atoms with E-state index in [2.05, 4.69) is 22.6 Å². The molecule has 0 saturated heterocycles. The lowest BCUT2D eigenvalue weighted by Crippen LogP contribution is -2.38. The van der Waals surface area contributed by atoms with Crippen LogP contribution in [-0.2, 0) is 6.54 Å². The molecule has 1 aromatic carbocycles. The van der Waals surface area contributed by atoms with Crippen molar-refractivity contribution in [3.05, 3.63) is 35.9 Å². The Bertz CT molecular complexity index is 348. The van der Waals surface area contributed by atoms with Gasteiger partial charge in [-0.2, -0.15) is 0 Å². The maximum absolute atomic E-state index is 8.91. The molecule has 0 aliphatic heterocycles. The molecule has 0 heterocycles. The van der Waals surface area contributed by atoms with Crippen LogP contribution in [0.4, 0.5) is 0 Å². The second kappa shape index (κ2) is 5.66. The van der Waals surface area contributed by atoms with Crippen LogP contribution in [0.1, 0.15) is 31.2 Å². The quantitative estimate of drug-likeness (QED) is 0.605. The van der Waals surface area contributed by atoms with E-state index < -0.39 is 0 Å². The van der Waals surface area contributed by atoms with E-state index in [4.69, 9.17) is 5.21 Å². The molecular formula is C13H18N2O. The molecule has 0 radical (unpaired) electrons. The maximum atomic E-state index is 8.91. The van der Waals surface area contributed by atoms with Crippen molar-refractivity contribution < 1.29 is 5.21 Å². The molecule has 0 aromatic heterocycles. The van der Waals surface area contributed by atoms with Gasteiger partial charge in [0.25, 0.3) is 0 Å². The van der Waals surface area contributed by atoms with Crippen LogP contribution in [0.2, 0.25) is 0 Å². The third-order valence-electron chi connectivity index (χ3n) is 3.10. The first-order valence-electron chi connectivity index (χ1n) is 5.88. The minimum absolute atomic E-state index is 0.249. The number of hydrogen-bond acceptors (Lipinski definition) is 3. The zero-order valence-corrected chi connectivity index (χ0v) is 9.39. The van der Waals surface area contributed by atoms with Gasteiger partial charge in [-0.1, -0.05) is 41.9 Å².